The Hall–Kier alpha value is -1.21. The summed E-state index contributed by atoms with van der Waals surface area (Å²) in [5.74, 6) is 0.747. The average molecular weight is 513 g/mol. The monoisotopic (exact) mass is 512 g/mol. The van der Waals surface area contributed by atoms with Crippen LogP contribution in [-0.4, -0.2) is 33.2 Å². The standard InChI is InChI=1S/C26H45ClN4O2S/c1-5-6-7-8-9-10-11-12-13-14-15-16-17-18-19-20-31-22(4)28-24-23(31)25(30-26(27)29-24)34(32,33)21(2)3/h21H,5-20H2,1-4H3. The molecular formula is C26H45ClN4O2S. The topological polar surface area (TPSA) is 77.7 Å². The summed E-state index contributed by atoms with van der Waals surface area (Å²) >= 11 is 6.01. The molecule has 6 nitrogen and oxygen atoms in total. The molecule has 0 spiro atoms. The minimum absolute atomic E-state index is 0.000871. The normalized spacial score (nSPS) is 12.3. The summed E-state index contributed by atoms with van der Waals surface area (Å²) < 4.78 is 27.7. The molecule has 2 heterocycles. The van der Waals surface area contributed by atoms with Gasteiger partial charge in [-0.3, -0.25) is 0 Å². The van der Waals surface area contributed by atoms with Crippen LogP contribution in [0.5, 0.6) is 0 Å². The van der Waals surface area contributed by atoms with Gasteiger partial charge in [0.25, 0.3) is 0 Å². The third-order valence-corrected chi connectivity index (χ3v) is 8.84. The molecule has 2 aromatic rings. The van der Waals surface area contributed by atoms with E-state index in [2.05, 4.69) is 21.9 Å². The van der Waals surface area contributed by atoms with Crippen LogP contribution in [0.2, 0.25) is 5.28 Å². The Balaban J connectivity index is 1.71. The van der Waals surface area contributed by atoms with Crippen LogP contribution in [0.4, 0.5) is 0 Å². The summed E-state index contributed by atoms with van der Waals surface area (Å²) in [4.78, 5) is 12.7. The fraction of sp³-hybridized carbons (Fsp3) is 0.808. The van der Waals surface area contributed by atoms with Gasteiger partial charge in [-0.15, -0.1) is 0 Å². The fourth-order valence-electron chi connectivity index (χ4n) is 4.42. The molecule has 2 rings (SSSR count). The van der Waals surface area contributed by atoms with Crippen molar-refractivity contribution in [3.05, 3.63) is 11.1 Å². The van der Waals surface area contributed by atoms with Crippen LogP contribution in [0.15, 0.2) is 5.03 Å². The number of imidazole rings is 1. The number of sulfone groups is 1. The lowest BCUT2D eigenvalue weighted by Crippen LogP contribution is -2.18. The fourth-order valence-corrected chi connectivity index (χ4v) is 5.77. The molecule has 0 radical (unpaired) electrons. The Morgan fingerprint density at radius 3 is 1.71 bits per heavy atom. The number of aromatic nitrogens is 4. The molecule has 0 N–H and O–H groups in total. The van der Waals surface area contributed by atoms with Crippen molar-refractivity contribution < 1.29 is 8.42 Å². The zero-order chi connectivity index (χ0) is 25.0. The maximum absolute atomic E-state index is 12.9. The Labute approximate surface area is 212 Å². The van der Waals surface area contributed by atoms with Gasteiger partial charge in [-0.05, 0) is 38.8 Å². The molecule has 0 aliphatic heterocycles. The van der Waals surface area contributed by atoms with Gasteiger partial charge in [-0.2, -0.15) is 4.98 Å². The van der Waals surface area contributed by atoms with E-state index in [1.54, 1.807) is 13.8 Å². The molecule has 0 amide bonds. The summed E-state index contributed by atoms with van der Waals surface area (Å²) in [6, 6.07) is 0. The first-order valence-corrected chi connectivity index (χ1v) is 15.4. The van der Waals surface area contributed by atoms with Crippen LogP contribution in [0.3, 0.4) is 0 Å². The van der Waals surface area contributed by atoms with E-state index in [0.29, 0.717) is 17.7 Å². The zero-order valence-corrected chi connectivity index (χ0v) is 23.4. The Kier molecular flexibility index (Phi) is 12.8. The van der Waals surface area contributed by atoms with E-state index >= 15 is 0 Å². The first-order chi connectivity index (χ1) is 16.3. The van der Waals surface area contributed by atoms with Gasteiger partial charge >= 0.3 is 0 Å². The van der Waals surface area contributed by atoms with Crippen LogP contribution >= 0.6 is 11.6 Å². The molecule has 8 heteroatoms. The number of nitrogens with zero attached hydrogens (tertiary/aromatic N) is 4. The largest absolute Gasteiger partial charge is 0.324 e. The summed E-state index contributed by atoms with van der Waals surface area (Å²) in [6.07, 6.45) is 19.7. The van der Waals surface area contributed by atoms with Crippen molar-refractivity contribution in [1.82, 2.24) is 19.5 Å². The summed E-state index contributed by atoms with van der Waals surface area (Å²) in [5.41, 5.74) is 0.846. The maximum atomic E-state index is 12.9. The van der Waals surface area contributed by atoms with E-state index in [1.165, 1.54) is 83.5 Å². The number of rotatable bonds is 18. The van der Waals surface area contributed by atoms with Crippen LogP contribution in [0.1, 0.15) is 123 Å². The quantitative estimate of drug-likeness (QED) is 0.115. The average Bonchev–Trinajstić information content (AvgIpc) is 3.10. The van der Waals surface area contributed by atoms with E-state index in [9.17, 15) is 8.42 Å². The molecule has 0 aliphatic carbocycles. The van der Waals surface area contributed by atoms with E-state index in [-0.39, 0.29) is 10.3 Å². The molecule has 0 bridgehead atoms. The van der Waals surface area contributed by atoms with Gasteiger partial charge < -0.3 is 4.57 Å². The van der Waals surface area contributed by atoms with Crippen molar-refractivity contribution >= 4 is 32.6 Å². The van der Waals surface area contributed by atoms with Gasteiger partial charge in [-0.1, -0.05) is 96.8 Å². The van der Waals surface area contributed by atoms with Crippen LogP contribution in [0.25, 0.3) is 11.2 Å². The van der Waals surface area contributed by atoms with E-state index < -0.39 is 15.1 Å². The van der Waals surface area contributed by atoms with Crippen molar-refractivity contribution in [3.8, 4) is 0 Å². The lowest BCUT2D eigenvalue weighted by atomic mass is 10.0. The highest BCUT2D eigenvalue weighted by Gasteiger charge is 2.28. The number of hydrogen-bond donors (Lipinski definition) is 0. The van der Waals surface area contributed by atoms with Crippen LogP contribution in [-0.2, 0) is 16.4 Å². The summed E-state index contributed by atoms with van der Waals surface area (Å²) in [6.45, 7) is 8.17. The molecule has 0 unspecified atom stereocenters. The SMILES string of the molecule is CCCCCCCCCCCCCCCCCn1c(C)nc2nc(Cl)nc(S(=O)(=O)C(C)C)c21. The minimum atomic E-state index is -3.59. The van der Waals surface area contributed by atoms with Crippen molar-refractivity contribution in [2.75, 3.05) is 0 Å². The number of unbranched alkanes of at least 4 members (excludes halogenated alkanes) is 14. The van der Waals surface area contributed by atoms with Crippen LogP contribution < -0.4 is 0 Å². The zero-order valence-electron chi connectivity index (χ0n) is 21.8. The predicted molar refractivity (Wildman–Crippen MR) is 142 cm³/mol. The minimum Gasteiger partial charge on any atom is -0.324 e. The Morgan fingerprint density at radius 2 is 1.24 bits per heavy atom. The number of hydrogen-bond acceptors (Lipinski definition) is 5. The van der Waals surface area contributed by atoms with Crippen molar-refractivity contribution in [1.29, 1.82) is 0 Å². The Bertz CT molecular complexity index is 973. The second-order valence-electron chi connectivity index (χ2n) is 9.82. The molecule has 0 aromatic carbocycles. The highest BCUT2D eigenvalue weighted by molar-refractivity contribution is 7.92. The van der Waals surface area contributed by atoms with Gasteiger partial charge in [0.2, 0.25) is 5.28 Å². The van der Waals surface area contributed by atoms with Gasteiger partial charge in [0, 0.05) is 6.54 Å². The number of aryl methyl sites for hydroxylation is 2. The molecule has 0 aliphatic rings. The van der Waals surface area contributed by atoms with E-state index in [4.69, 9.17) is 11.6 Å². The van der Waals surface area contributed by atoms with Gasteiger partial charge in [0.15, 0.2) is 20.5 Å². The maximum Gasteiger partial charge on any atom is 0.225 e. The third-order valence-electron chi connectivity index (χ3n) is 6.61. The van der Waals surface area contributed by atoms with Gasteiger partial charge in [-0.25, -0.2) is 18.4 Å². The van der Waals surface area contributed by atoms with E-state index in [1.807, 2.05) is 11.5 Å². The molecule has 2 aromatic heterocycles. The first kappa shape index (κ1) is 29.0. The Morgan fingerprint density at radius 1 is 0.765 bits per heavy atom. The summed E-state index contributed by atoms with van der Waals surface area (Å²) in [5, 5.41) is -0.668. The van der Waals surface area contributed by atoms with Crippen LogP contribution in [0, 0.1) is 6.92 Å². The number of halogens is 1. The highest BCUT2D eigenvalue weighted by atomic mass is 35.5. The second-order valence-corrected chi connectivity index (χ2v) is 12.6. The van der Waals surface area contributed by atoms with Gasteiger partial charge in [0.1, 0.15) is 11.3 Å². The van der Waals surface area contributed by atoms with Crippen molar-refractivity contribution in [2.45, 2.75) is 141 Å². The molecule has 194 valence electrons. The predicted octanol–water partition coefficient (Wildman–Crippen LogP) is 7.84. The molecular weight excluding hydrogens is 468 g/mol. The van der Waals surface area contributed by atoms with Gasteiger partial charge in [0.05, 0.1) is 5.25 Å². The smallest absolute Gasteiger partial charge is 0.225 e. The summed E-state index contributed by atoms with van der Waals surface area (Å²) in [7, 11) is -3.59. The first-order valence-electron chi connectivity index (χ1n) is 13.4. The molecule has 0 fully saturated rings. The van der Waals surface area contributed by atoms with E-state index in [0.717, 1.165) is 18.7 Å². The molecule has 34 heavy (non-hydrogen) atoms. The number of fused-ring (bicyclic) bond motifs is 1. The lowest BCUT2D eigenvalue weighted by Gasteiger charge is -2.12. The van der Waals surface area contributed by atoms with Crippen molar-refractivity contribution in [3.63, 3.8) is 0 Å². The third kappa shape index (κ3) is 8.78. The van der Waals surface area contributed by atoms with Crippen molar-refractivity contribution in [2.24, 2.45) is 0 Å². The lowest BCUT2D eigenvalue weighted by molar-refractivity contribution is 0.522. The highest BCUT2D eigenvalue weighted by Crippen LogP contribution is 2.26. The second kappa shape index (κ2) is 15.0. The molecule has 0 saturated heterocycles. The molecule has 0 atom stereocenters. The molecule has 0 saturated carbocycles.